The normalized spacial score (nSPS) is 28.9. The van der Waals surface area contributed by atoms with Crippen LogP contribution in [0.2, 0.25) is 0 Å². The van der Waals surface area contributed by atoms with E-state index < -0.39 is 0 Å². The lowest BCUT2D eigenvalue weighted by Crippen LogP contribution is -2.31. The van der Waals surface area contributed by atoms with Gasteiger partial charge in [0.25, 0.3) is 0 Å². The van der Waals surface area contributed by atoms with Gasteiger partial charge in [-0.1, -0.05) is 6.08 Å². The van der Waals surface area contributed by atoms with Gasteiger partial charge in [-0.15, -0.1) is 0 Å². The van der Waals surface area contributed by atoms with Gasteiger partial charge in [0.15, 0.2) is 0 Å². The Morgan fingerprint density at radius 1 is 1.62 bits per heavy atom. The summed E-state index contributed by atoms with van der Waals surface area (Å²) in [5.41, 5.74) is 0. The SMILES string of the molecule is C[C@H]1CNC=CCN1. The molecule has 0 aromatic rings. The smallest absolute Gasteiger partial charge is 0.0292 e. The summed E-state index contributed by atoms with van der Waals surface area (Å²) in [6.07, 6.45) is 4.08. The van der Waals surface area contributed by atoms with Gasteiger partial charge >= 0.3 is 0 Å². The minimum atomic E-state index is 0.602. The predicted molar refractivity (Wildman–Crippen MR) is 34.6 cm³/mol. The van der Waals surface area contributed by atoms with Crippen molar-refractivity contribution in [2.75, 3.05) is 13.1 Å². The Kier molecular flexibility index (Phi) is 1.92. The van der Waals surface area contributed by atoms with Crippen molar-refractivity contribution in [1.82, 2.24) is 10.6 Å². The molecule has 0 saturated heterocycles. The molecule has 1 heterocycles. The molecule has 0 aromatic carbocycles. The van der Waals surface area contributed by atoms with Crippen LogP contribution in [0.3, 0.4) is 0 Å². The molecular formula is C6H12N2. The van der Waals surface area contributed by atoms with Gasteiger partial charge < -0.3 is 10.6 Å². The predicted octanol–water partition coefficient (Wildman–Crippen LogP) is 0.0814. The van der Waals surface area contributed by atoms with E-state index >= 15 is 0 Å². The molecule has 0 aliphatic carbocycles. The molecule has 8 heavy (non-hydrogen) atoms. The molecule has 1 aliphatic heterocycles. The van der Waals surface area contributed by atoms with E-state index in [1.165, 1.54) is 0 Å². The van der Waals surface area contributed by atoms with Gasteiger partial charge in [-0.25, -0.2) is 0 Å². The van der Waals surface area contributed by atoms with Crippen LogP contribution in [0.15, 0.2) is 12.3 Å². The van der Waals surface area contributed by atoms with Crippen molar-refractivity contribution in [3.05, 3.63) is 12.3 Å². The maximum Gasteiger partial charge on any atom is 0.0292 e. The van der Waals surface area contributed by atoms with E-state index in [2.05, 4.69) is 23.6 Å². The molecule has 0 aromatic heterocycles. The molecule has 0 radical (unpaired) electrons. The fourth-order valence-corrected chi connectivity index (χ4v) is 0.728. The number of hydrogen-bond donors (Lipinski definition) is 2. The van der Waals surface area contributed by atoms with Crippen molar-refractivity contribution >= 4 is 0 Å². The standard InChI is InChI=1S/C6H12N2/c1-6-5-7-3-2-4-8-6/h2-3,6-8H,4-5H2,1H3/t6-/m0/s1. The minimum Gasteiger partial charge on any atom is -0.390 e. The first-order valence-electron chi connectivity index (χ1n) is 3.01. The lowest BCUT2D eigenvalue weighted by molar-refractivity contribution is 0.577. The highest BCUT2D eigenvalue weighted by atomic mass is 15.0. The minimum absolute atomic E-state index is 0.602. The summed E-state index contributed by atoms with van der Waals surface area (Å²) in [7, 11) is 0. The Morgan fingerprint density at radius 3 is 3.38 bits per heavy atom. The molecular weight excluding hydrogens is 100 g/mol. The molecule has 1 aliphatic rings. The topological polar surface area (TPSA) is 24.1 Å². The van der Waals surface area contributed by atoms with Gasteiger partial charge in [0.05, 0.1) is 0 Å². The second-order valence-electron chi connectivity index (χ2n) is 2.12. The van der Waals surface area contributed by atoms with E-state index in [0.29, 0.717) is 6.04 Å². The monoisotopic (exact) mass is 112 g/mol. The molecule has 2 N–H and O–H groups in total. The molecule has 0 bridgehead atoms. The highest BCUT2D eigenvalue weighted by Gasteiger charge is 1.98. The number of rotatable bonds is 0. The van der Waals surface area contributed by atoms with Crippen LogP contribution in [0.5, 0.6) is 0 Å². The van der Waals surface area contributed by atoms with E-state index in [1.807, 2.05) is 6.20 Å². The zero-order chi connectivity index (χ0) is 5.82. The van der Waals surface area contributed by atoms with Crippen molar-refractivity contribution in [2.45, 2.75) is 13.0 Å². The third kappa shape index (κ3) is 1.54. The van der Waals surface area contributed by atoms with Crippen molar-refractivity contribution in [1.29, 1.82) is 0 Å². The quantitative estimate of drug-likeness (QED) is 0.464. The van der Waals surface area contributed by atoms with E-state index in [-0.39, 0.29) is 0 Å². The average Bonchev–Trinajstić information content (AvgIpc) is 1.94. The molecule has 0 unspecified atom stereocenters. The maximum atomic E-state index is 3.30. The summed E-state index contributed by atoms with van der Waals surface area (Å²) in [4.78, 5) is 0. The highest BCUT2D eigenvalue weighted by molar-refractivity contribution is 4.87. The average molecular weight is 112 g/mol. The Balaban J connectivity index is 2.28. The van der Waals surface area contributed by atoms with Crippen LogP contribution in [0.4, 0.5) is 0 Å². The molecule has 2 nitrogen and oxygen atoms in total. The molecule has 0 spiro atoms. The Labute approximate surface area is 50.0 Å². The second kappa shape index (κ2) is 2.72. The maximum absolute atomic E-state index is 3.30. The first kappa shape index (κ1) is 5.63. The van der Waals surface area contributed by atoms with Gasteiger partial charge in [-0.05, 0) is 13.1 Å². The van der Waals surface area contributed by atoms with Crippen molar-refractivity contribution in [3.8, 4) is 0 Å². The fraction of sp³-hybridized carbons (Fsp3) is 0.667. The van der Waals surface area contributed by atoms with Gasteiger partial charge in [-0.2, -0.15) is 0 Å². The van der Waals surface area contributed by atoms with Crippen molar-refractivity contribution < 1.29 is 0 Å². The Bertz CT molecular complexity index is 78.5. The summed E-state index contributed by atoms with van der Waals surface area (Å²) in [6, 6.07) is 0.602. The molecule has 46 valence electrons. The van der Waals surface area contributed by atoms with Gasteiger partial charge in [0.1, 0.15) is 0 Å². The summed E-state index contributed by atoms with van der Waals surface area (Å²) in [5.74, 6) is 0. The van der Waals surface area contributed by atoms with Gasteiger partial charge in [-0.3, -0.25) is 0 Å². The van der Waals surface area contributed by atoms with Crippen LogP contribution in [-0.4, -0.2) is 19.1 Å². The Morgan fingerprint density at radius 2 is 2.50 bits per heavy atom. The summed E-state index contributed by atoms with van der Waals surface area (Å²) < 4.78 is 0. The number of hydrogen-bond acceptors (Lipinski definition) is 2. The highest BCUT2D eigenvalue weighted by Crippen LogP contribution is 1.82. The van der Waals surface area contributed by atoms with Crippen LogP contribution in [0.25, 0.3) is 0 Å². The molecule has 0 fully saturated rings. The van der Waals surface area contributed by atoms with E-state index in [9.17, 15) is 0 Å². The third-order valence-electron chi connectivity index (χ3n) is 1.24. The second-order valence-corrected chi connectivity index (χ2v) is 2.12. The Hall–Kier alpha value is -0.500. The zero-order valence-corrected chi connectivity index (χ0v) is 5.15. The van der Waals surface area contributed by atoms with Gasteiger partial charge in [0.2, 0.25) is 0 Å². The summed E-state index contributed by atoms with van der Waals surface area (Å²) in [6.45, 7) is 4.20. The molecule has 1 atom stereocenters. The van der Waals surface area contributed by atoms with Crippen molar-refractivity contribution in [3.63, 3.8) is 0 Å². The molecule has 1 rings (SSSR count). The summed E-state index contributed by atoms with van der Waals surface area (Å²) >= 11 is 0. The zero-order valence-electron chi connectivity index (χ0n) is 5.15. The van der Waals surface area contributed by atoms with E-state index in [1.54, 1.807) is 0 Å². The lowest BCUT2D eigenvalue weighted by Gasteiger charge is -2.07. The first-order valence-corrected chi connectivity index (χ1v) is 3.01. The number of nitrogens with one attached hydrogen (secondary N) is 2. The van der Waals surface area contributed by atoms with Crippen LogP contribution >= 0.6 is 0 Å². The van der Waals surface area contributed by atoms with Gasteiger partial charge in [0, 0.05) is 19.1 Å². The third-order valence-corrected chi connectivity index (χ3v) is 1.24. The summed E-state index contributed by atoms with van der Waals surface area (Å²) in [5, 5.41) is 6.45. The van der Waals surface area contributed by atoms with Crippen LogP contribution in [0, 0.1) is 0 Å². The van der Waals surface area contributed by atoms with Crippen molar-refractivity contribution in [2.24, 2.45) is 0 Å². The molecule has 0 saturated carbocycles. The van der Waals surface area contributed by atoms with E-state index in [4.69, 9.17) is 0 Å². The fourth-order valence-electron chi connectivity index (χ4n) is 0.728. The molecule has 2 heteroatoms. The lowest BCUT2D eigenvalue weighted by atomic mass is 10.3. The van der Waals surface area contributed by atoms with Crippen LogP contribution in [-0.2, 0) is 0 Å². The van der Waals surface area contributed by atoms with E-state index in [0.717, 1.165) is 13.1 Å². The van der Waals surface area contributed by atoms with Crippen LogP contribution in [0.1, 0.15) is 6.92 Å². The first-order chi connectivity index (χ1) is 3.89. The largest absolute Gasteiger partial charge is 0.390 e. The van der Waals surface area contributed by atoms with Crippen LogP contribution < -0.4 is 10.6 Å². The molecule has 0 amide bonds.